The number of anilines is 1. The van der Waals surface area contributed by atoms with E-state index in [2.05, 4.69) is 5.32 Å². The Bertz CT molecular complexity index is 927. The van der Waals surface area contributed by atoms with Crippen LogP contribution in [0.15, 0.2) is 42.5 Å². The zero-order chi connectivity index (χ0) is 21.0. The van der Waals surface area contributed by atoms with Crippen molar-refractivity contribution < 1.29 is 28.2 Å². The van der Waals surface area contributed by atoms with Crippen LogP contribution in [-0.2, 0) is 9.59 Å². The van der Waals surface area contributed by atoms with Crippen molar-refractivity contribution in [2.75, 3.05) is 24.7 Å². The number of carbonyl (C=O) groups excluding carboxylic acids is 3. The first-order valence-electron chi connectivity index (χ1n) is 9.11. The highest BCUT2D eigenvalue weighted by Gasteiger charge is 2.28. The van der Waals surface area contributed by atoms with Crippen molar-refractivity contribution in [1.82, 2.24) is 5.32 Å². The second-order valence-corrected chi connectivity index (χ2v) is 6.84. The van der Waals surface area contributed by atoms with Gasteiger partial charge in [0.1, 0.15) is 23.9 Å². The molecule has 0 radical (unpaired) electrons. The minimum atomic E-state index is -0.398. The lowest BCUT2D eigenvalue weighted by atomic mass is 10.1. The number of halogens is 1. The van der Waals surface area contributed by atoms with Gasteiger partial charge in [-0.1, -0.05) is 0 Å². The van der Waals surface area contributed by atoms with Crippen molar-refractivity contribution in [1.29, 1.82) is 0 Å². The highest BCUT2D eigenvalue weighted by molar-refractivity contribution is 6.04. The largest absolute Gasteiger partial charge is 0.485 e. The summed E-state index contributed by atoms with van der Waals surface area (Å²) in [6.07, 6.45) is 0. The molecule has 2 aromatic rings. The van der Waals surface area contributed by atoms with Crippen molar-refractivity contribution in [2.24, 2.45) is 0 Å². The summed E-state index contributed by atoms with van der Waals surface area (Å²) in [5.41, 5.74) is 0.659. The fourth-order valence-corrected chi connectivity index (χ4v) is 2.82. The number of fused-ring (bicyclic) bond motifs is 1. The Balaban J connectivity index is 1.75. The number of ether oxygens (including phenoxy) is 2. The van der Waals surface area contributed by atoms with E-state index in [1.54, 1.807) is 12.1 Å². The van der Waals surface area contributed by atoms with Gasteiger partial charge >= 0.3 is 0 Å². The molecule has 1 N–H and O–H groups in total. The Morgan fingerprint density at radius 2 is 1.93 bits per heavy atom. The molecule has 2 aromatic carbocycles. The molecule has 0 spiro atoms. The maximum atomic E-state index is 12.9. The zero-order valence-corrected chi connectivity index (χ0v) is 16.1. The summed E-state index contributed by atoms with van der Waals surface area (Å²) in [4.78, 5) is 38.2. The number of ketones is 1. The third-order valence-corrected chi connectivity index (χ3v) is 4.16. The van der Waals surface area contributed by atoms with Crippen LogP contribution in [0.4, 0.5) is 10.1 Å². The summed E-state index contributed by atoms with van der Waals surface area (Å²) in [6.45, 7) is 3.04. The average molecular weight is 400 g/mol. The molecule has 0 saturated heterocycles. The molecule has 1 heterocycles. The summed E-state index contributed by atoms with van der Waals surface area (Å²) >= 11 is 0. The van der Waals surface area contributed by atoms with Crippen LogP contribution >= 0.6 is 0 Å². The van der Waals surface area contributed by atoms with Crippen molar-refractivity contribution in [2.45, 2.75) is 19.9 Å². The molecule has 0 unspecified atom stereocenters. The molecule has 0 bridgehead atoms. The first kappa shape index (κ1) is 20.3. The number of nitrogens with one attached hydrogen (secondary N) is 1. The normalized spacial score (nSPS) is 13.0. The molecule has 0 saturated carbocycles. The Morgan fingerprint density at radius 1 is 1.21 bits per heavy atom. The molecule has 1 aliphatic rings. The third-order valence-electron chi connectivity index (χ3n) is 4.16. The highest BCUT2D eigenvalue weighted by atomic mass is 19.1. The topological polar surface area (TPSA) is 84.9 Å². The first-order valence-corrected chi connectivity index (χ1v) is 9.11. The molecule has 29 heavy (non-hydrogen) atoms. The Labute approximate surface area is 167 Å². The van der Waals surface area contributed by atoms with Gasteiger partial charge in [-0.25, -0.2) is 4.39 Å². The second-order valence-electron chi connectivity index (χ2n) is 6.84. The van der Waals surface area contributed by atoms with Crippen LogP contribution in [-0.4, -0.2) is 43.4 Å². The number of hydrogen-bond donors (Lipinski definition) is 1. The molecule has 0 atom stereocenters. The van der Waals surface area contributed by atoms with Crippen molar-refractivity contribution in [3.8, 4) is 11.5 Å². The predicted molar refractivity (Wildman–Crippen MR) is 104 cm³/mol. The number of hydrogen-bond acceptors (Lipinski definition) is 5. The van der Waals surface area contributed by atoms with Gasteiger partial charge in [0.05, 0.1) is 5.69 Å². The summed E-state index contributed by atoms with van der Waals surface area (Å²) in [5, 5.41) is 2.73. The Morgan fingerprint density at radius 3 is 2.62 bits per heavy atom. The van der Waals surface area contributed by atoms with Crippen molar-refractivity contribution in [3.63, 3.8) is 0 Å². The van der Waals surface area contributed by atoms with E-state index in [0.717, 1.165) is 0 Å². The van der Waals surface area contributed by atoms with Crippen LogP contribution in [0.2, 0.25) is 0 Å². The molecule has 8 heteroatoms. The summed E-state index contributed by atoms with van der Waals surface area (Å²) < 4.78 is 23.7. The number of Topliss-reactive ketones (excluding diaryl/α,β-unsaturated/α-hetero) is 1. The lowest BCUT2D eigenvalue weighted by molar-refractivity contribution is -0.125. The van der Waals surface area contributed by atoms with Crippen LogP contribution in [0.5, 0.6) is 11.5 Å². The van der Waals surface area contributed by atoms with Crippen LogP contribution in [0.25, 0.3) is 0 Å². The lowest BCUT2D eigenvalue weighted by Gasteiger charge is -2.29. The van der Waals surface area contributed by atoms with Gasteiger partial charge in [0.2, 0.25) is 5.91 Å². The van der Waals surface area contributed by atoms with Gasteiger partial charge < -0.3 is 14.8 Å². The highest BCUT2D eigenvalue weighted by Crippen LogP contribution is 2.33. The van der Waals surface area contributed by atoms with E-state index in [1.165, 1.54) is 35.2 Å². The number of nitrogens with zero attached hydrogens (tertiary/aromatic N) is 1. The van der Waals surface area contributed by atoms with Gasteiger partial charge in [0.15, 0.2) is 19.0 Å². The summed E-state index contributed by atoms with van der Waals surface area (Å²) in [7, 11) is 0. The van der Waals surface area contributed by atoms with Gasteiger partial charge in [-0.15, -0.1) is 0 Å². The Kier molecular flexibility index (Phi) is 6.11. The van der Waals surface area contributed by atoms with E-state index in [4.69, 9.17) is 9.47 Å². The SMILES string of the molecule is CC(C)NC(=O)CN1C(=O)COc2ccc(C(=O)COc3ccc(F)cc3)cc21. The standard InChI is InChI=1S/C21H21FN2O5/c1-13(2)23-20(26)10-24-17-9-14(3-8-19(17)29-12-21(24)27)18(25)11-28-16-6-4-15(22)5-7-16/h3-9,13H,10-12H2,1-2H3,(H,23,26). The van der Waals surface area contributed by atoms with Gasteiger partial charge in [0.25, 0.3) is 5.91 Å². The van der Waals surface area contributed by atoms with Gasteiger partial charge in [-0.3, -0.25) is 19.3 Å². The van der Waals surface area contributed by atoms with E-state index in [-0.39, 0.29) is 43.4 Å². The quantitative estimate of drug-likeness (QED) is 0.721. The Hall–Kier alpha value is -3.42. The monoisotopic (exact) mass is 400 g/mol. The van der Waals surface area contributed by atoms with E-state index in [0.29, 0.717) is 22.7 Å². The van der Waals surface area contributed by atoms with Crippen molar-refractivity contribution in [3.05, 3.63) is 53.8 Å². The summed E-state index contributed by atoms with van der Waals surface area (Å²) in [5.74, 6) is -0.631. The smallest absolute Gasteiger partial charge is 0.265 e. The van der Waals surface area contributed by atoms with Gasteiger partial charge in [-0.2, -0.15) is 0 Å². The average Bonchev–Trinajstić information content (AvgIpc) is 2.68. The minimum Gasteiger partial charge on any atom is -0.485 e. The fourth-order valence-electron chi connectivity index (χ4n) is 2.82. The lowest BCUT2D eigenvalue weighted by Crippen LogP contribution is -2.46. The summed E-state index contributed by atoms with van der Waals surface area (Å²) in [6, 6.07) is 9.93. The number of amides is 2. The van der Waals surface area contributed by atoms with Gasteiger partial charge in [0, 0.05) is 11.6 Å². The van der Waals surface area contributed by atoms with Crippen LogP contribution in [0, 0.1) is 5.82 Å². The minimum absolute atomic E-state index is 0.0605. The molecule has 7 nitrogen and oxygen atoms in total. The maximum absolute atomic E-state index is 12.9. The van der Waals surface area contributed by atoms with E-state index in [1.807, 2.05) is 13.8 Å². The van der Waals surface area contributed by atoms with Gasteiger partial charge in [-0.05, 0) is 56.3 Å². The molecule has 152 valence electrons. The van der Waals surface area contributed by atoms with Crippen molar-refractivity contribution >= 4 is 23.3 Å². The van der Waals surface area contributed by atoms with Crippen LogP contribution in [0.3, 0.4) is 0 Å². The molecule has 0 aliphatic carbocycles. The second kappa shape index (κ2) is 8.72. The number of carbonyl (C=O) groups is 3. The molecule has 0 fully saturated rings. The molecule has 0 aromatic heterocycles. The van der Waals surface area contributed by atoms with E-state index < -0.39 is 5.82 Å². The van der Waals surface area contributed by atoms with Crippen LogP contribution in [0.1, 0.15) is 24.2 Å². The number of rotatable bonds is 7. The molecule has 3 rings (SSSR count). The molecule has 1 aliphatic heterocycles. The maximum Gasteiger partial charge on any atom is 0.265 e. The predicted octanol–water partition coefficient (Wildman–Crippen LogP) is 2.34. The molecular formula is C21H21FN2O5. The fraction of sp³-hybridized carbons (Fsp3) is 0.286. The zero-order valence-electron chi connectivity index (χ0n) is 16.1. The molecule has 2 amide bonds. The molecular weight excluding hydrogens is 379 g/mol. The van der Waals surface area contributed by atoms with E-state index in [9.17, 15) is 18.8 Å². The third kappa shape index (κ3) is 5.10. The van der Waals surface area contributed by atoms with Crippen LogP contribution < -0.4 is 19.7 Å². The first-order chi connectivity index (χ1) is 13.8. The van der Waals surface area contributed by atoms with E-state index >= 15 is 0 Å². The number of benzene rings is 2.